The first-order valence-electron chi connectivity index (χ1n) is 6.57. The molecule has 0 saturated heterocycles. The lowest BCUT2D eigenvalue weighted by atomic mass is 9.84. The number of aryl methyl sites for hydroxylation is 3. The summed E-state index contributed by atoms with van der Waals surface area (Å²) in [5.74, 6) is 0. The lowest BCUT2D eigenvalue weighted by Crippen LogP contribution is -2.38. The first kappa shape index (κ1) is 14.2. The van der Waals surface area contributed by atoms with Crippen LogP contribution in [0.2, 0.25) is 0 Å². The Morgan fingerprint density at radius 2 is 2.06 bits per heavy atom. The van der Waals surface area contributed by atoms with Crippen molar-refractivity contribution >= 4 is 0 Å². The Morgan fingerprint density at radius 3 is 2.47 bits per heavy atom. The molecule has 0 aliphatic heterocycles. The zero-order valence-electron chi connectivity index (χ0n) is 12.2. The summed E-state index contributed by atoms with van der Waals surface area (Å²) < 4.78 is 2.02. The predicted molar refractivity (Wildman–Crippen MR) is 73.2 cm³/mol. The molecule has 0 spiro atoms. The molecule has 1 N–H and O–H groups in total. The highest BCUT2D eigenvalue weighted by Crippen LogP contribution is 2.23. The largest absolute Gasteiger partial charge is 0.316 e. The summed E-state index contributed by atoms with van der Waals surface area (Å²) in [6, 6.07) is 2.78. The van der Waals surface area contributed by atoms with Gasteiger partial charge in [0.15, 0.2) is 0 Å². The zero-order valence-corrected chi connectivity index (χ0v) is 12.2. The van der Waals surface area contributed by atoms with Gasteiger partial charge in [0.1, 0.15) is 0 Å². The standard InChI is InChI=1S/C14H27N3/c1-7-11-10-12(17(6)16-11)8-9-13(15-5)14(2,3)4/h10,13,15H,7-9H2,1-6H3. The molecular formula is C14H27N3. The van der Waals surface area contributed by atoms with E-state index in [0.29, 0.717) is 11.5 Å². The molecule has 1 aromatic heterocycles. The maximum Gasteiger partial charge on any atom is 0.0624 e. The van der Waals surface area contributed by atoms with Crippen LogP contribution in [0.5, 0.6) is 0 Å². The summed E-state index contributed by atoms with van der Waals surface area (Å²) >= 11 is 0. The molecule has 0 saturated carbocycles. The lowest BCUT2D eigenvalue weighted by Gasteiger charge is -2.30. The highest BCUT2D eigenvalue weighted by molar-refractivity contribution is 5.10. The third-order valence-corrected chi connectivity index (χ3v) is 3.47. The topological polar surface area (TPSA) is 29.9 Å². The van der Waals surface area contributed by atoms with Gasteiger partial charge >= 0.3 is 0 Å². The van der Waals surface area contributed by atoms with Crippen LogP contribution in [0, 0.1) is 5.41 Å². The van der Waals surface area contributed by atoms with E-state index < -0.39 is 0 Å². The van der Waals surface area contributed by atoms with Gasteiger partial charge in [-0.3, -0.25) is 4.68 Å². The van der Waals surface area contributed by atoms with E-state index in [9.17, 15) is 0 Å². The van der Waals surface area contributed by atoms with Gasteiger partial charge in [0.25, 0.3) is 0 Å². The second kappa shape index (κ2) is 5.67. The van der Waals surface area contributed by atoms with E-state index >= 15 is 0 Å². The van der Waals surface area contributed by atoms with Gasteiger partial charge in [-0.2, -0.15) is 5.10 Å². The Balaban J connectivity index is 2.62. The van der Waals surface area contributed by atoms with Gasteiger partial charge in [-0.15, -0.1) is 0 Å². The lowest BCUT2D eigenvalue weighted by molar-refractivity contribution is 0.266. The average molecular weight is 237 g/mol. The molecule has 17 heavy (non-hydrogen) atoms. The summed E-state index contributed by atoms with van der Waals surface area (Å²) in [6.45, 7) is 9.01. The quantitative estimate of drug-likeness (QED) is 0.853. The van der Waals surface area contributed by atoms with Crippen LogP contribution in [0.1, 0.15) is 45.5 Å². The van der Waals surface area contributed by atoms with Gasteiger partial charge in [-0.05, 0) is 37.8 Å². The minimum absolute atomic E-state index is 0.306. The van der Waals surface area contributed by atoms with Gasteiger partial charge < -0.3 is 5.32 Å². The van der Waals surface area contributed by atoms with E-state index in [-0.39, 0.29) is 0 Å². The molecular weight excluding hydrogens is 210 g/mol. The molecule has 3 heteroatoms. The molecule has 0 aliphatic carbocycles. The maximum absolute atomic E-state index is 4.49. The van der Waals surface area contributed by atoms with E-state index in [0.717, 1.165) is 19.3 Å². The Labute approximate surface area is 106 Å². The maximum atomic E-state index is 4.49. The van der Waals surface area contributed by atoms with Crippen molar-refractivity contribution in [3.8, 4) is 0 Å². The zero-order chi connectivity index (χ0) is 13.1. The molecule has 1 heterocycles. The summed E-state index contributed by atoms with van der Waals surface area (Å²) in [5, 5.41) is 7.91. The minimum atomic E-state index is 0.306. The summed E-state index contributed by atoms with van der Waals surface area (Å²) in [6.07, 6.45) is 3.26. The smallest absolute Gasteiger partial charge is 0.0624 e. The molecule has 3 nitrogen and oxygen atoms in total. The van der Waals surface area contributed by atoms with Gasteiger partial charge in [-0.1, -0.05) is 27.7 Å². The van der Waals surface area contributed by atoms with Crippen molar-refractivity contribution in [3.63, 3.8) is 0 Å². The van der Waals surface area contributed by atoms with Crippen molar-refractivity contribution in [2.75, 3.05) is 7.05 Å². The average Bonchev–Trinajstić information content (AvgIpc) is 2.58. The second-order valence-corrected chi connectivity index (χ2v) is 5.85. The van der Waals surface area contributed by atoms with Crippen LogP contribution in [0.15, 0.2) is 6.07 Å². The van der Waals surface area contributed by atoms with Crippen LogP contribution in [-0.4, -0.2) is 22.9 Å². The van der Waals surface area contributed by atoms with Crippen LogP contribution in [0.3, 0.4) is 0 Å². The van der Waals surface area contributed by atoms with Gasteiger partial charge in [0.2, 0.25) is 0 Å². The van der Waals surface area contributed by atoms with E-state index in [1.807, 2.05) is 11.7 Å². The van der Waals surface area contributed by atoms with Gasteiger partial charge in [0, 0.05) is 18.8 Å². The van der Waals surface area contributed by atoms with Crippen LogP contribution in [0.4, 0.5) is 0 Å². The molecule has 0 radical (unpaired) electrons. The first-order chi connectivity index (χ1) is 7.88. The number of hydrogen-bond acceptors (Lipinski definition) is 2. The van der Waals surface area contributed by atoms with Crippen molar-refractivity contribution in [3.05, 3.63) is 17.5 Å². The van der Waals surface area contributed by atoms with Crippen molar-refractivity contribution in [2.24, 2.45) is 12.5 Å². The first-order valence-corrected chi connectivity index (χ1v) is 6.57. The Morgan fingerprint density at radius 1 is 1.41 bits per heavy atom. The SMILES string of the molecule is CCc1cc(CCC(NC)C(C)(C)C)n(C)n1. The van der Waals surface area contributed by atoms with Crippen LogP contribution >= 0.6 is 0 Å². The summed E-state index contributed by atoms with van der Waals surface area (Å²) in [4.78, 5) is 0. The fourth-order valence-corrected chi connectivity index (χ4v) is 2.28. The summed E-state index contributed by atoms with van der Waals surface area (Å²) in [5.41, 5.74) is 2.84. The molecule has 0 fully saturated rings. The molecule has 98 valence electrons. The second-order valence-electron chi connectivity index (χ2n) is 5.85. The van der Waals surface area contributed by atoms with Crippen molar-refractivity contribution in [1.29, 1.82) is 0 Å². The van der Waals surface area contributed by atoms with Gasteiger partial charge in [-0.25, -0.2) is 0 Å². The molecule has 0 amide bonds. The number of nitrogens with zero attached hydrogens (tertiary/aromatic N) is 2. The normalized spacial score (nSPS) is 14.0. The Bertz CT molecular complexity index is 347. The Kier molecular flexibility index (Phi) is 4.75. The molecule has 0 aromatic carbocycles. The predicted octanol–water partition coefficient (Wildman–Crippen LogP) is 2.55. The Hall–Kier alpha value is -0.830. The highest BCUT2D eigenvalue weighted by atomic mass is 15.3. The number of aromatic nitrogens is 2. The molecule has 1 unspecified atom stereocenters. The third kappa shape index (κ3) is 3.84. The van der Waals surface area contributed by atoms with E-state index in [1.165, 1.54) is 11.4 Å². The fourth-order valence-electron chi connectivity index (χ4n) is 2.28. The molecule has 1 rings (SSSR count). The fraction of sp³-hybridized carbons (Fsp3) is 0.786. The van der Waals surface area contributed by atoms with Crippen molar-refractivity contribution < 1.29 is 0 Å². The third-order valence-electron chi connectivity index (χ3n) is 3.47. The minimum Gasteiger partial charge on any atom is -0.316 e. The monoisotopic (exact) mass is 237 g/mol. The number of rotatable bonds is 5. The number of hydrogen-bond donors (Lipinski definition) is 1. The van der Waals surface area contributed by atoms with Crippen molar-refractivity contribution in [1.82, 2.24) is 15.1 Å². The van der Waals surface area contributed by atoms with Crippen LogP contribution in [0.25, 0.3) is 0 Å². The van der Waals surface area contributed by atoms with E-state index in [2.05, 4.69) is 51.2 Å². The highest BCUT2D eigenvalue weighted by Gasteiger charge is 2.22. The molecule has 1 atom stereocenters. The van der Waals surface area contributed by atoms with Crippen molar-refractivity contribution in [2.45, 2.75) is 53.0 Å². The van der Waals surface area contributed by atoms with E-state index in [1.54, 1.807) is 0 Å². The van der Waals surface area contributed by atoms with Crippen LogP contribution < -0.4 is 5.32 Å². The molecule has 1 aromatic rings. The molecule has 0 aliphatic rings. The summed E-state index contributed by atoms with van der Waals surface area (Å²) in [7, 11) is 4.09. The van der Waals surface area contributed by atoms with Crippen LogP contribution in [-0.2, 0) is 19.9 Å². The number of nitrogens with one attached hydrogen (secondary N) is 1. The van der Waals surface area contributed by atoms with E-state index in [4.69, 9.17) is 0 Å². The molecule has 0 bridgehead atoms. The van der Waals surface area contributed by atoms with Gasteiger partial charge in [0.05, 0.1) is 5.69 Å².